The number of nitrogens with two attached hydrogens (primary N) is 1. The average Bonchev–Trinajstić information content (AvgIpc) is 2.84. The highest BCUT2D eigenvalue weighted by atomic mass is 19.1. The number of halogens is 1. The minimum atomic E-state index is -0.467. The van der Waals surface area contributed by atoms with E-state index in [9.17, 15) is 4.39 Å². The number of aromatic nitrogens is 2. The van der Waals surface area contributed by atoms with E-state index >= 15 is 0 Å². The molecule has 0 saturated carbocycles. The van der Waals surface area contributed by atoms with Crippen molar-refractivity contribution in [2.45, 2.75) is 12.8 Å². The summed E-state index contributed by atoms with van der Waals surface area (Å²) in [6, 6.07) is 0. The van der Waals surface area contributed by atoms with Gasteiger partial charge in [-0.1, -0.05) is 0 Å². The predicted molar refractivity (Wildman–Crippen MR) is 64.0 cm³/mol. The molecule has 1 aliphatic heterocycles. The van der Waals surface area contributed by atoms with Gasteiger partial charge in [-0.3, -0.25) is 5.43 Å². The molecule has 94 valence electrons. The summed E-state index contributed by atoms with van der Waals surface area (Å²) in [7, 11) is 0. The maximum absolute atomic E-state index is 13.3. The number of nitrogens with zero attached hydrogens (tertiary/aromatic N) is 3. The Hall–Kier alpha value is -1.47. The Morgan fingerprint density at radius 1 is 1.41 bits per heavy atom. The molecule has 0 spiro atoms. The van der Waals surface area contributed by atoms with E-state index in [-0.39, 0.29) is 11.8 Å². The number of rotatable bonds is 5. The lowest BCUT2D eigenvalue weighted by atomic mass is 10.4. The van der Waals surface area contributed by atoms with E-state index in [1.165, 1.54) is 12.8 Å². The molecule has 17 heavy (non-hydrogen) atoms. The molecule has 0 aromatic carbocycles. The van der Waals surface area contributed by atoms with Crippen LogP contribution in [0.25, 0.3) is 0 Å². The van der Waals surface area contributed by atoms with Gasteiger partial charge in [-0.2, -0.15) is 4.98 Å². The molecule has 2 rings (SSSR count). The van der Waals surface area contributed by atoms with E-state index in [0.29, 0.717) is 6.54 Å². The van der Waals surface area contributed by atoms with Gasteiger partial charge in [0, 0.05) is 13.1 Å². The second-order valence-corrected chi connectivity index (χ2v) is 4.01. The summed E-state index contributed by atoms with van der Waals surface area (Å²) in [6.07, 6.45) is 3.60. The van der Waals surface area contributed by atoms with Gasteiger partial charge < -0.3 is 10.2 Å². The van der Waals surface area contributed by atoms with E-state index in [1.807, 2.05) is 0 Å². The van der Waals surface area contributed by atoms with Crippen molar-refractivity contribution in [3.05, 3.63) is 12.0 Å². The molecule has 0 amide bonds. The third-order valence-electron chi connectivity index (χ3n) is 2.79. The van der Waals surface area contributed by atoms with Crippen LogP contribution in [-0.2, 0) is 0 Å². The van der Waals surface area contributed by atoms with E-state index in [4.69, 9.17) is 5.84 Å². The lowest BCUT2D eigenvalue weighted by Crippen LogP contribution is -2.26. The highest BCUT2D eigenvalue weighted by Crippen LogP contribution is 2.11. The number of nitrogens with one attached hydrogen (secondary N) is 2. The summed E-state index contributed by atoms with van der Waals surface area (Å²) in [6.45, 7) is 3.82. The smallest absolute Gasteiger partial charge is 0.239 e. The molecule has 0 radical (unpaired) electrons. The quantitative estimate of drug-likeness (QED) is 0.511. The van der Waals surface area contributed by atoms with E-state index in [0.717, 1.165) is 25.8 Å². The van der Waals surface area contributed by atoms with Gasteiger partial charge in [0.05, 0.1) is 6.20 Å². The van der Waals surface area contributed by atoms with Gasteiger partial charge >= 0.3 is 0 Å². The minimum Gasteiger partial charge on any atom is -0.366 e. The summed E-state index contributed by atoms with van der Waals surface area (Å²) < 4.78 is 13.3. The Morgan fingerprint density at radius 3 is 2.88 bits per heavy atom. The molecule has 0 aliphatic carbocycles. The lowest BCUT2D eigenvalue weighted by molar-refractivity contribution is 0.352. The number of hydrazine groups is 1. The molecule has 4 N–H and O–H groups in total. The van der Waals surface area contributed by atoms with Crippen LogP contribution in [0, 0.1) is 5.82 Å². The maximum Gasteiger partial charge on any atom is 0.239 e. The van der Waals surface area contributed by atoms with Crippen LogP contribution in [0.4, 0.5) is 16.2 Å². The van der Waals surface area contributed by atoms with Crippen LogP contribution < -0.4 is 16.6 Å². The Kier molecular flexibility index (Phi) is 4.05. The second kappa shape index (κ2) is 5.74. The predicted octanol–water partition coefficient (Wildman–Crippen LogP) is 0.409. The van der Waals surface area contributed by atoms with Gasteiger partial charge in [-0.05, 0) is 25.9 Å². The molecule has 6 nitrogen and oxygen atoms in total. The monoisotopic (exact) mass is 240 g/mol. The van der Waals surface area contributed by atoms with E-state index in [2.05, 4.69) is 25.6 Å². The summed E-state index contributed by atoms with van der Waals surface area (Å²) in [5, 5.41) is 2.95. The molecular formula is C10H17FN6. The average molecular weight is 240 g/mol. The normalized spacial score (nSPS) is 16.1. The molecule has 0 atom stereocenters. The van der Waals surface area contributed by atoms with Crippen molar-refractivity contribution in [2.75, 3.05) is 36.9 Å². The highest BCUT2D eigenvalue weighted by molar-refractivity contribution is 5.40. The minimum absolute atomic E-state index is 0.187. The number of likely N-dealkylation sites (tertiary alicyclic amines) is 1. The number of nitrogen functional groups attached to an aromatic ring is 1. The molecule has 7 heteroatoms. The Bertz CT molecular complexity index is 366. The van der Waals surface area contributed by atoms with Crippen molar-refractivity contribution in [1.29, 1.82) is 0 Å². The van der Waals surface area contributed by atoms with Crippen molar-refractivity contribution >= 4 is 11.8 Å². The summed E-state index contributed by atoms with van der Waals surface area (Å²) >= 11 is 0. The molecule has 1 aromatic heterocycles. The van der Waals surface area contributed by atoms with Gasteiger partial charge in [-0.15, -0.1) is 0 Å². The molecule has 0 unspecified atom stereocenters. The van der Waals surface area contributed by atoms with Gasteiger partial charge in [0.25, 0.3) is 0 Å². The topological polar surface area (TPSA) is 79.1 Å². The first-order valence-corrected chi connectivity index (χ1v) is 5.75. The van der Waals surface area contributed by atoms with Crippen molar-refractivity contribution in [2.24, 2.45) is 5.84 Å². The second-order valence-electron chi connectivity index (χ2n) is 4.01. The van der Waals surface area contributed by atoms with Crippen LogP contribution in [0.1, 0.15) is 12.8 Å². The van der Waals surface area contributed by atoms with E-state index < -0.39 is 5.82 Å². The van der Waals surface area contributed by atoms with Crippen LogP contribution >= 0.6 is 0 Å². The number of anilines is 2. The standard InChI is InChI=1S/C10H17FN6/c11-8-7-14-10(16-12)15-9(8)13-3-6-17-4-1-2-5-17/h7H,1-6,12H2,(H2,13,14,15,16). The molecule has 0 bridgehead atoms. The first-order chi connectivity index (χ1) is 8.29. The molecular weight excluding hydrogens is 223 g/mol. The number of hydrogen-bond acceptors (Lipinski definition) is 6. The molecule has 1 saturated heterocycles. The van der Waals surface area contributed by atoms with Crippen LogP contribution in [0.3, 0.4) is 0 Å². The van der Waals surface area contributed by atoms with Crippen molar-refractivity contribution in [3.63, 3.8) is 0 Å². The van der Waals surface area contributed by atoms with Crippen LogP contribution in [0.5, 0.6) is 0 Å². The zero-order valence-corrected chi connectivity index (χ0v) is 9.62. The molecule has 1 aliphatic rings. The lowest BCUT2D eigenvalue weighted by Gasteiger charge is -2.15. The highest BCUT2D eigenvalue weighted by Gasteiger charge is 2.11. The number of hydrogen-bond donors (Lipinski definition) is 3. The summed E-state index contributed by atoms with van der Waals surface area (Å²) in [5.74, 6) is 5.09. The first kappa shape index (κ1) is 12.0. The van der Waals surface area contributed by atoms with Crippen LogP contribution in [0.15, 0.2) is 6.20 Å². The SMILES string of the molecule is NNc1ncc(F)c(NCCN2CCCC2)n1. The van der Waals surface area contributed by atoms with Gasteiger partial charge in [0.1, 0.15) is 0 Å². The van der Waals surface area contributed by atoms with Crippen molar-refractivity contribution in [3.8, 4) is 0 Å². The Labute approximate surface area is 99.4 Å². The van der Waals surface area contributed by atoms with Crippen LogP contribution in [-0.4, -0.2) is 41.0 Å². The molecule has 1 aromatic rings. The summed E-state index contributed by atoms with van der Waals surface area (Å²) in [5.41, 5.74) is 2.29. The molecule has 1 fully saturated rings. The maximum atomic E-state index is 13.3. The Morgan fingerprint density at radius 2 is 2.18 bits per heavy atom. The third-order valence-corrected chi connectivity index (χ3v) is 2.79. The fraction of sp³-hybridized carbons (Fsp3) is 0.600. The van der Waals surface area contributed by atoms with Gasteiger partial charge in [-0.25, -0.2) is 15.2 Å². The fourth-order valence-electron chi connectivity index (χ4n) is 1.90. The largest absolute Gasteiger partial charge is 0.366 e. The summed E-state index contributed by atoms with van der Waals surface area (Å²) in [4.78, 5) is 9.91. The van der Waals surface area contributed by atoms with E-state index in [1.54, 1.807) is 0 Å². The zero-order chi connectivity index (χ0) is 12.1. The zero-order valence-electron chi connectivity index (χ0n) is 9.62. The van der Waals surface area contributed by atoms with Gasteiger partial charge in [0.2, 0.25) is 5.95 Å². The van der Waals surface area contributed by atoms with Crippen molar-refractivity contribution in [1.82, 2.24) is 14.9 Å². The molecule has 2 heterocycles. The fourth-order valence-corrected chi connectivity index (χ4v) is 1.90. The van der Waals surface area contributed by atoms with Crippen LogP contribution in [0.2, 0.25) is 0 Å². The first-order valence-electron chi connectivity index (χ1n) is 5.75. The van der Waals surface area contributed by atoms with Crippen molar-refractivity contribution < 1.29 is 4.39 Å². The third kappa shape index (κ3) is 3.24. The Balaban J connectivity index is 1.84. The van der Waals surface area contributed by atoms with Gasteiger partial charge in [0.15, 0.2) is 11.6 Å².